The molecule has 0 amide bonds. The van der Waals surface area contributed by atoms with Crippen molar-refractivity contribution in [3.63, 3.8) is 0 Å². The van der Waals surface area contributed by atoms with Gasteiger partial charge in [0.25, 0.3) is 0 Å². The van der Waals surface area contributed by atoms with E-state index in [9.17, 15) is 0 Å². The van der Waals surface area contributed by atoms with E-state index >= 15 is 0 Å². The molecule has 0 unspecified atom stereocenters. The van der Waals surface area contributed by atoms with Crippen molar-refractivity contribution in [3.8, 4) is 0 Å². The standard InChI is InChI=1S/C3H8BrO/c1-2-3-4-5/h5H,2-3H2,1H3/q+1. The van der Waals surface area contributed by atoms with Crippen molar-refractivity contribution in [2.75, 3.05) is 5.33 Å². The second-order valence-corrected chi connectivity index (χ2v) is 2.10. The maximum Gasteiger partial charge on any atom is 0.433 e. The van der Waals surface area contributed by atoms with Crippen LogP contribution < -0.4 is 0 Å². The fourth-order valence-corrected chi connectivity index (χ4v) is 0.439. The molecule has 0 radical (unpaired) electrons. The smallest absolute Gasteiger partial charge is 0.150 e. The van der Waals surface area contributed by atoms with E-state index in [1.54, 1.807) is 0 Å². The summed E-state index contributed by atoms with van der Waals surface area (Å²) in [6.07, 6.45) is 1.11. The normalized spacial score (nSPS) is 8.40. The van der Waals surface area contributed by atoms with Crippen molar-refractivity contribution in [1.29, 1.82) is 0 Å². The summed E-state index contributed by atoms with van der Waals surface area (Å²) in [7, 11) is 0. The Hall–Kier alpha value is 0.440. The summed E-state index contributed by atoms with van der Waals surface area (Å²) in [4.78, 5) is 0. The first kappa shape index (κ1) is 5.44. The molecule has 0 aromatic heterocycles. The molecule has 32 valence electrons. The molecule has 0 spiro atoms. The van der Waals surface area contributed by atoms with Gasteiger partial charge in [-0.25, -0.2) is 0 Å². The van der Waals surface area contributed by atoms with Crippen LogP contribution in [0.25, 0.3) is 0 Å². The van der Waals surface area contributed by atoms with Crippen LogP contribution in [0.1, 0.15) is 13.3 Å². The minimum atomic E-state index is 0.135. The lowest BCUT2D eigenvalue weighted by molar-refractivity contribution is -0.886. The fraction of sp³-hybridized carbons (Fsp3) is 1.00. The molecule has 0 fully saturated rings. The molecule has 0 aliphatic rings. The first-order valence-electron chi connectivity index (χ1n) is 1.64. The Morgan fingerprint density at radius 1 is 1.80 bits per heavy atom. The first-order chi connectivity index (χ1) is 2.41. The zero-order chi connectivity index (χ0) is 4.12. The van der Waals surface area contributed by atoms with E-state index in [0.717, 1.165) is 11.8 Å². The lowest BCUT2D eigenvalue weighted by atomic mass is 10.6. The first-order valence-corrected chi connectivity index (χ1v) is 3.47. The molecule has 0 bridgehead atoms. The Bertz CT molecular complexity index is 14.4. The molecule has 0 saturated heterocycles. The van der Waals surface area contributed by atoms with Gasteiger partial charge in [-0.1, -0.05) is 6.92 Å². The van der Waals surface area contributed by atoms with Gasteiger partial charge >= 0.3 is 15.2 Å². The molecule has 0 aliphatic heterocycles. The SMILES string of the molecule is CCC[Br+]O. The summed E-state index contributed by atoms with van der Waals surface area (Å²) in [6, 6.07) is 0. The fourth-order valence-electron chi connectivity index (χ4n) is 0.0845. The van der Waals surface area contributed by atoms with Gasteiger partial charge in [-0.2, -0.15) is 0 Å². The van der Waals surface area contributed by atoms with E-state index in [-0.39, 0.29) is 15.2 Å². The van der Waals surface area contributed by atoms with Gasteiger partial charge in [-0.05, 0) is 6.42 Å². The average molecular weight is 140 g/mol. The minimum absolute atomic E-state index is 0.135. The molecule has 0 atom stereocenters. The Morgan fingerprint density at radius 2 is 2.40 bits per heavy atom. The van der Waals surface area contributed by atoms with Crippen molar-refractivity contribution in [2.24, 2.45) is 0 Å². The highest BCUT2D eigenvalue weighted by molar-refractivity contribution is 4.08. The van der Waals surface area contributed by atoms with Crippen LogP contribution in [0.2, 0.25) is 0 Å². The van der Waals surface area contributed by atoms with E-state index in [0.29, 0.717) is 0 Å². The van der Waals surface area contributed by atoms with Gasteiger partial charge in [-0.15, -0.1) is 4.20 Å². The van der Waals surface area contributed by atoms with Gasteiger partial charge in [0.2, 0.25) is 0 Å². The van der Waals surface area contributed by atoms with Crippen LogP contribution in [0, 0.1) is 15.2 Å². The zero-order valence-corrected chi connectivity index (χ0v) is 4.83. The van der Waals surface area contributed by atoms with E-state index in [1.807, 2.05) is 0 Å². The molecule has 5 heavy (non-hydrogen) atoms. The number of alkyl halides is 1. The van der Waals surface area contributed by atoms with Crippen LogP contribution in [0.5, 0.6) is 0 Å². The van der Waals surface area contributed by atoms with Crippen LogP contribution in [0.15, 0.2) is 0 Å². The minimum Gasteiger partial charge on any atom is -0.150 e. The third-order valence-corrected chi connectivity index (χ3v) is 1.42. The molecule has 0 heterocycles. The predicted molar refractivity (Wildman–Crippen MR) is 17.4 cm³/mol. The zero-order valence-electron chi connectivity index (χ0n) is 3.24. The topological polar surface area (TPSA) is 20.2 Å². The lowest BCUT2D eigenvalue weighted by Crippen LogP contribution is -1.79. The van der Waals surface area contributed by atoms with E-state index < -0.39 is 0 Å². The number of rotatable bonds is 2. The van der Waals surface area contributed by atoms with Gasteiger partial charge < -0.3 is 0 Å². The quantitative estimate of drug-likeness (QED) is 0.550. The third kappa shape index (κ3) is 4.44. The Balaban J connectivity index is 2.19. The molecular formula is C3H8BrO+. The Labute approximate surface area is 38.8 Å². The van der Waals surface area contributed by atoms with E-state index in [4.69, 9.17) is 4.20 Å². The van der Waals surface area contributed by atoms with E-state index in [1.165, 1.54) is 0 Å². The summed E-state index contributed by atoms with van der Waals surface area (Å²) in [5.41, 5.74) is 0. The van der Waals surface area contributed by atoms with Crippen molar-refractivity contribution >= 4 is 0 Å². The molecule has 1 N–H and O–H groups in total. The second kappa shape index (κ2) is 4.44. The molecular weight excluding hydrogens is 132 g/mol. The number of hydrogen-bond donors (Lipinski definition) is 1. The molecule has 0 aromatic rings. The van der Waals surface area contributed by atoms with Crippen molar-refractivity contribution in [3.05, 3.63) is 0 Å². The largest absolute Gasteiger partial charge is 0.433 e. The summed E-state index contributed by atoms with van der Waals surface area (Å²) >= 11 is 0.135. The van der Waals surface area contributed by atoms with Gasteiger partial charge in [0.1, 0.15) is 0 Å². The Kier molecular flexibility index (Phi) is 4.83. The van der Waals surface area contributed by atoms with Crippen molar-refractivity contribution in [2.45, 2.75) is 13.3 Å². The van der Waals surface area contributed by atoms with Gasteiger partial charge in [-0.3, -0.25) is 0 Å². The van der Waals surface area contributed by atoms with Crippen LogP contribution in [-0.2, 0) is 0 Å². The number of halogens is 1. The second-order valence-electron chi connectivity index (χ2n) is 0.809. The summed E-state index contributed by atoms with van der Waals surface area (Å²) < 4.78 is 8.10. The molecule has 0 saturated carbocycles. The third-order valence-electron chi connectivity index (χ3n) is 0.273. The monoisotopic (exact) mass is 139 g/mol. The molecule has 0 rings (SSSR count). The lowest BCUT2D eigenvalue weighted by Gasteiger charge is -1.60. The van der Waals surface area contributed by atoms with Crippen molar-refractivity contribution in [1.82, 2.24) is 0 Å². The maximum atomic E-state index is 8.10. The molecule has 1 nitrogen and oxygen atoms in total. The highest BCUT2D eigenvalue weighted by Crippen LogP contribution is 1.71. The predicted octanol–water partition coefficient (Wildman–Crippen LogP) is 0.389. The van der Waals surface area contributed by atoms with Crippen LogP contribution in [0.4, 0.5) is 0 Å². The van der Waals surface area contributed by atoms with E-state index in [2.05, 4.69) is 6.92 Å². The number of hydrogen-bond acceptors (Lipinski definition) is 1. The highest BCUT2D eigenvalue weighted by atomic mass is 79.9. The average Bonchev–Trinajstić information content (AvgIpc) is 1.41. The summed E-state index contributed by atoms with van der Waals surface area (Å²) in [5.74, 6) is 0. The van der Waals surface area contributed by atoms with Gasteiger partial charge in [0.15, 0.2) is 5.33 Å². The van der Waals surface area contributed by atoms with Gasteiger partial charge in [0.05, 0.1) is 0 Å². The Morgan fingerprint density at radius 3 is 2.40 bits per heavy atom. The summed E-state index contributed by atoms with van der Waals surface area (Å²) in [6.45, 7) is 2.06. The molecule has 0 aromatic carbocycles. The van der Waals surface area contributed by atoms with Crippen LogP contribution >= 0.6 is 0 Å². The molecule has 2 heteroatoms. The molecule has 0 aliphatic carbocycles. The van der Waals surface area contributed by atoms with Crippen LogP contribution in [0.3, 0.4) is 0 Å². The van der Waals surface area contributed by atoms with Gasteiger partial charge in [0, 0.05) is 0 Å². The highest BCUT2D eigenvalue weighted by Gasteiger charge is 1.91. The van der Waals surface area contributed by atoms with Crippen molar-refractivity contribution < 1.29 is 19.4 Å². The summed E-state index contributed by atoms with van der Waals surface area (Å²) in [5, 5.41) is 0.976. The maximum absolute atomic E-state index is 8.10. The van der Waals surface area contributed by atoms with Crippen LogP contribution in [-0.4, -0.2) is 9.53 Å².